The number of aromatic nitrogens is 1. The van der Waals surface area contributed by atoms with Gasteiger partial charge >= 0.3 is 11.9 Å². The lowest BCUT2D eigenvalue weighted by Crippen LogP contribution is -2.35. The molecule has 1 aliphatic carbocycles. The van der Waals surface area contributed by atoms with E-state index in [-0.39, 0.29) is 24.9 Å². The molecule has 6 heteroatoms. The van der Waals surface area contributed by atoms with Crippen LogP contribution in [0, 0.1) is 17.8 Å². The van der Waals surface area contributed by atoms with E-state index in [2.05, 4.69) is 43.8 Å². The Balaban J connectivity index is 0.000000230. The monoisotopic (exact) mass is 418 g/mol. The normalized spacial score (nSPS) is 26.7. The minimum Gasteiger partial charge on any atom is -0.481 e. The molecule has 6 nitrogen and oxygen atoms in total. The third kappa shape index (κ3) is 7.71. The average Bonchev–Trinajstić information content (AvgIpc) is 3.13. The van der Waals surface area contributed by atoms with Gasteiger partial charge in [0.25, 0.3) is 0 Å². The van der Waals surface area contributed by atoms with Crippen molar-refractivity contribution in [2.75, 3.05) is 13.6 Å². The topological polar surface area (TPSA) is 79.7 Å². The van der Waals surface area contributed by atoms with Gasteiger partial charge in [-0.15, -0.1) is 0 Å². The fraction of sp³-hybridized carbons (Fsp3) is 0.708. The molecule has 0 amide bonds. The van der Waals surface area contributed by atoms with Crippen LogP contribution in [0.2, 0.25) is 0 Å². The first-order chi connectivity index (χ1) is 14.3. The van der Waals surface area contributed by atoms with Crippen molar-refractivity contribution in [2.45, 2.75) is 77.9 Å². The van der Waals surface area contributed by atoms with Crippen LogP contribution in [-0.2, 0) is 14.3 Å². The summed E-state index contributed by atoms with van der Waals surface area (Å²) < 4.78 is 5.48. The number of rotatable bonds is 6. The standard InChI is InChI=1S/C14H24O4.C10H14N2/c1-9(2)11-5-4-10(3)8-12(11)18-14(17)7-6-13(15)16;1-12-7-3-5-10(12)9-4-2-6-11-8-9/h9-12H,4-8H2,1-3H3,(H,15,16);2,4,6,8,10H,3,5,7H2,1H3. The Morgan fingerprint density at radius 2 is 2.03 bits per heavy atom. The molecule has 4 unspecified atom stereocenters. The van der Waals surface area contributed by atoms with Gasteiger partial charge in [0.15, 0.2) is 0 Å². The molecule has 1 aliphatic heterocycles. The largest absolute Gasteiger partial charge is 0.481 e. The van der Waals surface area contributed by atoms with Crippen LogP contribution in [0.25, 0.3) is 0 Å². The van der Waals surface area contributed by atoms with Gasteiger partial charge in [-0.25, -0.2) is 0 Å². The SMILES string of the molecule is CC1CCC(C(C)C)C(OC(=O)CCC(=O)O)C1.CN1CCCC1c1cccnc1. The second-order valence-electron chi connectivity index (χ2n) is 9.17. The summed E-state index contributed by atoms with van der Waals surface area (Å²) in [7, 11) is 2.19. The van der Waals surface area contributed by atoms with E-state index in [4.69, 9.17) is 9.84 Å². The Morgan fingerprint density at radius 1 is 1.27 bits per heavy atom. The summed E-state index contributed by atoms with van der Waals surface area (Å²) in [6, 6.07) is 4.79. The van der Waals surface area contributed by atoms with E-state index in [1.165, 1.54) is 31.4 Å². The molecule has 1 saturated heterocycles. The fourth-order valence-electron chi connectivity index (χ4n) is 4.59. The predicted molar refractivity (Wildman–Crippen MR) is 117 cm³/mol. The van der Waals surface area contributed by atoms with Gasteiger partial charge in [0.2, 0.25) is 0 Å². The van der Waals surface area contributed by atoms with Crippen molar-refractivity contribution in [1.29, 1.82) is 0 Å². The molecule has 3 rings (SSSR count). The summed E-state index contributed by atoms with van der Waals surface area (Å²) >= 11 is 0. The molecular weight excluding hydrogens is 380 g/mol. The molecule has 2 fully saturated rings. The molecule has 30 heavy (non-hydrogen) atoms. The van der Waals surface area contributed by atoms with E-state index in [9.17, 15) is 9.59 Å². The summed E-state index contributed by atoms with van der Waals surface area (Å²) in [5, 5.41) is 8.54. The number of carbonyl (C=O) groups is 2. The maximum absolute atomic E-state index is 11.6. The van der Waals surface area contributed by atoms with Crippen LogP contribution in [0.15, 0.2) is 24.5 Å². The quantitative estimate of drug-likeness (QED) is 0.674. The van der Waals surface area contributed by atoms with E-state index in [0.29, 0.717) is 23.8 Å². The lowest BCUT2D eigenvalue weighted by atomic mass is 9.75. The van der Waals surface area contributed by atoms with Crippen molar-refractivity contribution in [3.05, 3.63) is 30.1 Å². The summed E-state index contributed by atoms with van der Waals surface area (Å²) in [4.78, 5) is 28.6. The predicted octanol–water partition coefficient (Wildman–Crippen LogP) is 4.70. The number of likely N-dealkylation sites (tertiary alicyclic amines) is 1. The van der Waals surface area contributed by atoms with Gasteiger partial charge in [0, 0.05) is 18.4 Å². The van der Waals surface area contributed by atoms with Gasteiger partial charge in [0.05, 0.1) is 12.8 Å². The first-order valence-corrected chi connectivity index (χ1v) is 11.3. The minimum atomic E-state index is -0.954. The number of aliphatic carboxylic acids is 1. The number of carboxylic acids is 1. The Morgan fingerprint density at radius 3 is 2.60 bits per heavy atom. The summed E-state index contributed by atoms with van der Waals surface area (Å²) in [6.07, 6.45) is 9.39. The van der Waals surface area contributed by atoms with Gasteiger partial charge in [0.1, 0.15) is 6.10 Å². The lowest BCUT2D eigenvalue weighted by molar-refractivity contribution is -0.158. The van der Waals surface area contributed by atoms with Gasteiger partial charge in [-0.1, -0.05) is 33.3 Å². The molecule has 1 aromatic rings. The van der Waals surface area contributed by atoms with Crippen LogP contribution in [0.1, 0.15) is 77.3 Å². The molecule has 168 valence electrons. The molecule has 1 N–H and O–H groups in total. The number of ether oxygens (including phenoxy) is 1. The lowest BCUT2D eigenvalue weighted by Gasteiger charge is -2.36. The molecular formula is C24H38N2O4. The number of carbonyl (C=O) groups excluding carboxylic acids is 1. The van der Waals surface area contributed by atoms with Crippen LogP contribution in [0.5, 0.6) is 0 Å². The van der Waals surface area contributed by atoms with Gasteiger partial charge in [-0.2, -0.15) is 0 Å². The van der Waals surface area contributed by atoms with Gasteiger partial charge < -0.3 is 9.84 Å². The van der Waals surface area contributed by atoms with Crippen molar-refractivity contribution in [1.82, 2.24) is 9.88 Å². The number of nitrogens with zero attached hydrogens (tertiary/aromatic N) is 2. The Labute approximate surface area is 181 Å². The maximum Gasteiger partial charge on any atom is 0.306 e. The highest BCUT2D eigenvalue weighted by molar-refractivity contribution is 5.76. The number of hydrogen-bond acceptors (Lipinski definition) is 5. The zero-order chi connectivity index (χ0) is 22.1. The molecule has 0 bridgehead atoms. The smallest absolute Gasteiger partial charge is 0.306 e. The zero-order valence-electron chi connectivity index (χ0n) is 18.9. The fourth-order valence-corrected chi connectivity index (χ4v) is 4.59. The highest BCUT2D eigenvalue weighted by Gasteiger charge is 2.33. The Hall–Kier alpha value is -1.95. The van der Waals surface area contributed by atoms with Crippen molar-refractivity contribution < 1.29 is 19.4 Å². The second-order valence-corrected chi connectivity index (χ2v) is 9.17. The molecule has 0 spiro atoms. The molecule has 2 aliphatic rings. The van der Waals surface area contributed by atoms with E-state index in [1.54, 1.807) is 0 Å². The average molecular weight is 419 g/mol. The first kappa shape index (κ1) is 24.3. The van der Waals surface area contributed by atoms with Gasteiger partial charge in [-0.3, -0.25) is 19.5 Å². The number of esters is 1. The highest BCUT2D eigenvalue weighted by Crippen LogP contribution is 2.35. The molecule has 1 saturated carbocycles. The molecule has 2 heterocycles. The molecule has 0 aromatic carbocycles. The second kappa shape index (κ2) is 12.0. The van der Waals surface area contributed by atoms with Crippen molar-refractivity contribution in [3.63, 3.8) is 0 Å². The minimum absolute atomic E-state index is 0.0228. The third-order valence-corrected chi connectivity index (χ3v) is 6.38. The highest BCUT2D eigenvalue weighted by atomic mass is 16.5. The number of pyridine rings is 1. The van der Waals surface area contributed by atoms with Crippen LogP contribution in [0.4, 0.5) is 0 Å². The Kier molecular flexibility index (Phi) is 9.76. The number of hydrogen-bond donors (Lipinski definition) is 1. The van der Waals surface area contributed by atoms with Crippen molar-refractivity contribution >= 4 is 11.9 Å². The van der Waals surface area contributed by atoms with E-state index < -0.39 is 5.97 Å². The molecule has 1 aromatic heterocycles. The summed E-state index contributed by atoms with van der Waals surface area (Å²) in [6.45, 7) is 7.70. The van der Waals surface area contributed by atoms with E-state index >= 15 is 0 Å². The summed E-state index contributed by atoms with van der Waals surface area (Å²) in [5.41, 5.74) is 1.36. The van der Waals surface area contributed by atoms with Crippen LogP contribution >= 0.6 is 0 Å². The van der Waals surface area contributed by atoms with Crippen LogP contribution < -0.4 is 0 Å². The van der Waals surface area contributed by atoms with Crippen LogP contribution in [0.3, 0.4) is 0 Å². The Bertz CT molecular complexity index is 664. The van der Waals surface area contributed by atoms with Crippen LogP contribution in [-0.4, -0.2) is 46.6 Å². The van der Waals surface area contributed by atoms with Crippen molar-refractivity contribution in [2.24, 2.45) is 17.8 Å². The summed E-state index contributed by atoms with van der Waals surface area (Å²) in [5.74, 6) is 0.161. The third-order valence-electron chi connectivity index (χ3n) is 6.38. The van der Waals surface area contributed by atoms with Crippen molar-refractivity contribution in [3.8, 4) is 0 Å². The number of carboxylic acid groups (broad SMARTS) is 1. The zero-order valence-corrected chi connectivity index (χ0v) is 18.9. The first-order valence-electron chi connectivity index (χ1n) is 11.3. The van der Waals surface area contributed by atoms with Gasteiger partial charge in [-0.05, 0) is 68.7 Å². The van der Waals surface area contributed by atoms with E-state index in [0.717, 1.165) is 12.8 Å². The molecule has 0 radical (unpaired) electrons. The van der Waals surface area contributed by atoms with E-state index in [1.807, 2.05) is 18.5 Å². The molecule has 4 atom stereocenters. The maximum atomic E-state index is 11.6.